The summed E-state index contributed by atoms with van der Waals surface area (Å²) in [6.45, 7) is 8.92. The number of amides is 1. The first-order valence-electron chi connectivity index (χ1n) is 8.88. The number of nitrogens with zero attached hydrogens (tertiary/aromatic N) is 1. The van der Waals surface area contributed by atoms with Gasteiger partial charge >= 0.3 is 0 Å². The van der Waals surface area contributed by atoms with Gasteiger partial charge < -0.3 is 10.2 Å². The third kappa shape index (κ3) is 3.80. The van der Waals surface area contributed by atoms with E-state index in [9.17, 15) is 4.79 Å². The zero-order valence-electron chi connectivity index (χ0n) is 14.5. The Morgan fingerprint density at radius 3 is 2.24 bits per heavy atom. The summed E-state index contributed by atoms with van der Waals surface area (Å²) in [7, 11) is 2.06. The van der Waals surface area contributed by atoms with E-state index in [2.05, 4.69) is 38.0 Å². The molecular formula is C18H34N2O. The summed E-state index contributed by atoms with van der Waals surface area (Å²) >= 11 is 0. The minimum Gasteiger partial charge on any atom is -0.342 e. The van der Waals surface area contributed by atoms with E-state index in [0.29, 0.717) is 17.4 Å². The Labute approximate surface area is 130 Å². The molecule has 1 saturated heterocycles. The maximum Gasteiger partial charge on any atom is 0.228 e. The smallest absolute Gasteiger partial charge is 0.228 e. The Morgan fingerprint density at radius 1 is 1.14 bits per heavy atom. The molecule has 0 spiro atoms. The van der Waals surface area contributed by atoms with Crippen LogP contribution in [0.25, 0.3) is 0 Å². The van der Waals surface area contributed by atoms with Crippen LogP contribution in [0.3, 0.4) is 0 Å². The van der Waals surface area contributed by atoms with Crippen LogP contribution in [0.5, 0.6) is 0 Å². The highest BCUT2D eigenvalue weighted by molar-refractivity contribution is 5.83. The zero-order chi connectivity index (χ0) is 15.5. The second-order valence-electron chi connectivity index (χ2n) is 8.09. The molecule has 0 atom stereocenters. The summed E-state index contributed by atoms with van der Waals surface area (Å²) in [5, 5.41) is 3.41. The van der Waals surface area contributed by atoms with Crippen molar-refractivity contribution in [3.05, 3.63) is 0 Å². The van der Waals surface area contributed by atoms with Gasteiger partial charge in [0.2, 0.25) is 5.91 Å². The number of hydrogen-bond acceptors (Lipinski definition) is 2. The van der Waals surface area contributed by atoms with Crippen molar-refractivity contribution >= 4 is 5.91 Å². The highest BCUT2D eigenvalue weighted by atomic mass is 16.2. The molecule has 3 nitrogen and oxygen atoms in total. The summed E-state index contributed by atoms with van der Waals surface area (Å²) in [6, 6.07) is 0.467. The molecule has 1 heterocycles. The Bertz CT molecular complexity index is 343. The fourth-order valence-electron chi connectivity index (χ4n) is 4.27. The van der Waals surface area contributed by atoms with Gasteiger partial charge in [0.05, 0.1) is 5.41 Å². The van der Waals surface area contributed by atoms with Crippen LogP contribution in [0, 0.1) is 10.8 Å². The summed E-state index contributed by atoms with van der Waals surface area (Å²) < 4.78 is 0. The van der Waals surface area contributed by atoms with Crippen LogP contribution in [0.2, 0.25) is 0 Å². The summed E-state index contributed by atoms with van der Waals surface area (Å²) in [6.07, 6.45) is 9.04. The fourth-order valence-corrected chi connectivity index (χ4v) is 4.27. The van der Waals surface area contributed by atoms with Crippen LogP contribution >= 0.6 is 0 Å². The van der Waals surface area contributed by atoms with Gasteiger partial charge in [-0.1, -0.05) is 27.2 Å². The van der Waals surface area contributed by atoms with Crippen molar-refractivity contribution in [3.8, 4) is 0 Å². The van der Waals surface area contributed by atoms with Crippen molar-refractivity contribution in [2.45, 2.75) is 78.2 Å². The molecule has 1 amide bonds. The van der Waals surface area contributed by atoms with Crippen molar-refractivity contribution in [2.24, 2.45) is 10.8 Å². The monoisotopic (exact) mass is 294 g/mol. The molecule has 1 aliphatic carbocycles. The largest absolute Gasteiger partial charge is 0.342 e. The third-order valence-corrected chi connectivity index (χ3v) is 5.92. The highest BCUT2D eigenvalue weighted by Gasteiger charge is 2.42. The van der Waals surface area contributed by atoms with E-state index < -0.39 is 0 Å². The van der Waals surface area contributed by atoms with Gasteiger partial charge in [-0.2, -0.15) is 0 Å². The zero-order valence-corrected chi connectivity index (χ0v) is 14.5. The van der Waals surface area contributed by atoms with Gasteiger partial charge in [0, 0.05) is 13.1 Å². The minimum atomic E-state index is -0.0816. The average Bonchev–Trinajstić information content (AvgIpc) is 2.47. The first-order valence-corrected chi connectivity index (χ1v) is 8.88. The van der Waals surface area contributed by atoms with E-state index in [1.807, 2.05) is 0 Å². The first kappa shape index (κ1) is 16.8. The normalized spacial score (nSPS) is 25.5. The van der Waals surface area contributed by atoms with Crippen molar-refractivity contribution < 1.29 is 4.79 Å². The molecule has 0 bridgehead atoms. The lowest BCUT2D eigenvalue weighted by molar-refractivity contribution is -0.146. The predicted octanol–water partition coefficient (Wildman–Crippen LogP) is 3.58. The first-order chi connectivity index (χ1) is 9.90. The standard InChI is InChI=1S/C18H34N2O/c1-5-8-18(11-13-19-14-12-18)16(21)20(4)15-6-9-17(2,3)10-7-15/h15,19H,5-14H2,1-4H3. The van der Waals surface area contributed by atoms with E-state index >= 15 is 0 Å². The van der Waals surface area contributed by atoms with Crippen molar-refractivity contribution in [1.82, 2.24) is 10.2 Å². The topological polar surface area (TPSA) is 32.3 Å². The number of piperidine rings is 1. The van der Waals surface area contributed by atoms with E-state index in [0.717, 1.165) is 38.8 Å². The van der Waals surface area contributed by atoms with Gasteiger partial charge in [-0.15, -0.1) is 0 Å². The lowest BCUT2D eigenvalue weighted by atomic mass is 9.72. The Kier molecular flexibility index (Phi) is 5.34. The molecule has 2 rings (SSSR count). The summed E-state index contributed by atoms with van der Waals surface area (Å²) in [4.78, 5) is 15.3. The SMILES string of the molecule is CCCC1(C(=O)N(C)C2CCC(C)(C)CC2)CCNCC1. The van der Waals surface area contributed by atoms with Crippen LogP contribution in [0.1, 0.15) is 72.1 Å². The van der Waals surface area contributed by atoms with Crippen LogP contribution < -0.4 is 5.32 Å². The van der Waals surface area contributed by atoms with Crippen molar-refractivity contribution in [1.29, 1.82) is 0 Å². The maximum absolute atomic E-state index is 13.2. The quantitative estimate of drug-likeness (QED) is 0.859. The molecule has 2 aliphatic rings. The fraction of sp³-hybridized carbons (Fsp3) is 0.944. The lowest BCUT2D eigenvalue weighted by Gasteiger charge is -2.44. The van der Waals surface area contributed by atoms with Gasteiger partial charge in [-0.05, 0) is 63.5 Å². The van der Waals surface area contributed by atoms with Crippen LogP contribution in [0.4, 0.5) is 0 Å². The molecule has 2 fully saturated rings. The van der Waals surface area contributed by atoms with Gasteiger partial charge in [-0.3, -0.25) is 4.79 Å². The van der Waals surface area contributed by atoms with Gasteiger partial charge in [0.1, 0.15) is 0 Å². The van der Waals surface area contributed by atoms with Crippen LogP contribution in [-0.2, 0) is 4.79 Å². The van der Waals surface area contributed by atoms with Gasteiger partial charge in [0.25, 0.3) is 0 Å². The van der Waals surface area contributed by atoms with Crippen molar-refractivity contribution in [3.63, 3.8) is 0 Å². The minimum absolute atomic E-state index is 0.0816. The molecule has 21 heavy (non-hydrogen) atoms. The van der Waals surface area contributed by atoms with Crippen LogP contribution in [0.15, 0.2) is 0 Å². The number of rotatable bonds is 4. The molecule has 1 N–H and O–H groups in total. The molecule has 0 aromatic carbocycles. The second kappa shape index (κ2) is 6.68. The van der Waals surface area contributed by atoms with Crippen molar-refractivity contribution in [2.75, 3.05) is 20.1 Å². The molecule has 0 radical (unpaired) electrons. The Morgan fingerprint density at radius 2 is 1.71 bits per heavy atom. The molecular weight excluding hydrogens is 260 g/mol. The van der Waals surface area contributed by atoms with Crippen LogP contribution in [-0.4, -0.2) is 37.0 Å². The molecule has 0 aromatic rings. The maximum atomic E-state index is 13.2. The third-order valence-electron chi connectivity index (χ3n) is 5.92. The number of carbonyl (C=O) groups excluding carboxylic acids is 1. The average molecular weight is 294 g/mol. The number of hydrogen-bond donors (Lipinski definition) is 1. The predicted molar refractivity (Wildman–Crippen MR) is 88.3 cm³/mol. The van der Waals surface area contributed by atoms with E-state index in [1.54, 1.807) is 0 Å². The van der Waals surface area contributed by atoms with E-state index in [4.69, 9.17) is 0 Å². The molecule has 0 aromatic heterocycles. The molecule has 0 unspecified atom stereocenters. The summed E-state index contributed by atoms with van der Waals surface area (Å²) in [5.41, 5.74) is 0.387. The molecule has 122 valence electrons. The Balaban J connectivity index is 2.03. The number of nitrogens with one attached hydrogen (secondary N) is 1. The molecule has 1 saturated carbocycles. The summed E-state index contributed by atoms with van der Waals surface area (Å²) in [5.74, 6) is 0.426. The second-order valence-corrected chi connectivity index (χ2v) is 8.09. The Hall–Kier alpha value is -0.570. The van der Waals surface area contributed by atoms with Gasteiger partial charge in [0.15, 0.2) is 0 Å². The lowest BCUT2D eigenvalue weighted by Crippen LogP contribution is -2.51. The van der Waals surface area contributed by atoms with E-state index in [-0.39, 0.29) is 5.41 Å². The molecule has 1 aliphatic heterocycles. The van der Waals surface area contributed by atoms with Gasteiger partial charge in [-0.25, -0.2) is 0 Å². The number of carbonyl (C=O) groups is 1. The van der Waals surface area contributed by atoms with E-state index in [1.165, 1.54) is 25.7 Å². The highest BCUT2D eigenvalue weighted by Crippen LogP contribution is 2.40. The molecule has 3 heteroatoms.